The Hall–Kier alpha value is -1.18. The summed E-state index contributed by atoms with van der Waals surface area (Å²) in [4.78, 5) is 0. The van der Waals surface area contributed by atoms with Gasteiger partial charge in [0.2, 0.25) is 6.43 Å². The number of hydrogen-bond acceptors (Lipinski definition) is 0. The van der Waals surface area contributed by atoms with Gasteiger partial charge < -0.3 is 0 Å². The minimum absolute atomic E-state index is 0.0984. The molecular formula is C19H26F2. The van der Waals surface area contributed by atoms with Crippen molar-refractivity contribution in [1.82, 2.24) is 0 Å². The summed E-state index contributed by atoms with van der Waals surface area (Å²) in [6.45, 7) is 2.21. The molecule has 0 bridgehead atoms. The molecule has 0 nitrogen and oxygen atoms in total. The zero-order chi connectivity index (χ0) is 15.1. The first-order valence-electron chi connectivity index (χ1n) is 8.22. The standard InChI is InChI=1S/C19H26F2/c1-2-4-15-7-11-17(12-8-15)18-13-9-16(10-14-18)5-3-6-19(20)21/h3,5,7-8,11-12,16,18-19H,2,4,6,9-10,13-14H2,1H3/t16-,18-. The first kappa shape index (κ1) is 16.2. The van der Waals surface area contributed by atoms with Gasteiger partial charge in [-0.1, -0.05) is 49.8 Å². The molecule has 1 aliphatic rings. The van der Waals surface area contributed by atoms with Gasteiger partial charge in [-0.25, -0.2) is 8.78 Å². The van der Waals surface area contributed by atoms with Crippen LogP contribution in [0.25, 0.3) is 0 Å². The van der Waals surface area contributed by atoms with Crippen molar-refractivity contribution < 1.29 is 8.78 Å². The molecule has 0 atom stereocenters. The Morgan fingerprint density at radius 1 is 1.10 bits per heavy atom. The number of allylic oxidation sites excluding steroid dienone is 2. The van der Waals surface area contributed by atoms with Crippen LogP contribution < -0.4 is 0 Å². The van der Waals surface area contributed by atoms with Crippen molar-refractivity contribution in [1.29, 1.82) is 0 Å². The number of hydrogen-bond donors (Lipinski definition) is 0. The molecule has 116 valence electrons. The monoisotopic (exact) mass is 292 g/mol. The molecule has 0 heterocycles. The Kier molecular flexibility index (Phi) is 6.41. The van der Waals surface area contributed by atoms with Crippen LogP contribution in [-0.4, -0.2) is 6.43 Å². The lowest BCUT2D eigenvalue weighted by Crippen LogP contribution is -2.11. The van der Waals surface area contributed by atoms with Crippen molar-refractivity contribution in [3.05, 3.63) is 47.5 Å². The van der Waals surface area contributed by atoms with Crippen molar-refractivity contribution in [3.8, 4) is 0 Å². The highest BCUT2D eigenvalue weighted by Gasteiger charge is 2.20. The molecule has 1 aromatic rings. The maximum absolute atomic E-state index is 12.1. The van der Waals surface area contributed by atoms with Gasteiger partial charge in [-0.3, -0.25) is 0 Å². The van der Waals surface area contributed by atoms with Gasteiger partial charge in [-0.05, 0) is 55.1 Å². The molecule has 1 aliphatic carbocycles. The van der Waals surface area contributed by atoms with E-state index in [1.807, 2.05) is 6.08 Å². The summed E-state index contributed by atoms with van der Waals surface area (Å²) in [5.41, 5.74) is 2.87. The molecule has 2 rings (SSSR count). The van der Waals surface area contributed by atoms with E-state index >= 15 is 0 Å². The molecule has 0 N–H and O–H groups in total. The van der Waals surface area contributed by atoms with Gasteiger partial charge in [-0.2, -0.15) is 0 Å². The van der Waals surface area contributed by atoms with E-state index in [0.29, 0.717) is 11.8 Å². The van der Waals surface area contributed by atoms with Gasteiger partial charge in [-0.15, -0.1) is 0 Å². The highest BCUT2D eigenvalue weighted by atomic mass is 19.3. The lowest BCUT2D eigenvalue weighted by Gasteiger charge is -2.27. The first-order chi connectivity index (χ1) is 10.2. The zero-order valence-corrected chi connectivity index (χ0v) is 12.9. The van der Waals surface area contributed by atoms with E-state index in [1.54, 1.807) is 6.08 Å². The number of alkyl halides is 2. The van der Waals surface area contributed by atoms with E-state index in [4.69, 9.17) is 0 Å². The third-order valence-electron chi connectivity index (χ3n) is 4.48. The van der Waals surface area contributed by atoms with Gasteiger partial charge in [0.25, 0.3) is 0 Å². The van der Waals surface area contributed by atoms with E-state index in [0.717, 1.165) is 19.3 Å². The molecular weight excluding hydrogens is 266 g/mol. The number of benzene rings is 1. The van der Waals surface area contributed by atoms with Crippen molar-refractivity contribution in [2.45, 2.75) is 64.2 Å². The lowest BCUT2D eigenvalue weighted by atomic mass is 9.78. The summed E-state index contributed by atoms with van der Waals surface area (Å²) < 4.78 is 24.2. The molecule has 0 spiro atoms. The van der Waals surface area contributed by atoms with E-state index in [-0.39, 0.29) is 6.42 Å². The molecule has 0 radical (unpaired) electrons. The molecule has 1 saturated carbocycles. The molecule has 0 saturated heterocycles. The Bertz CT molecular complexity index is 425. The van der Waals surface area contributed by atoms with Gasteiger partial charge in [0.15, 0.2) is 0 Å². The van der Waals surface area contributed by atoms with Gasteiger partial charge >= 0.3 is 0 Å². The predicted molar refractivity (Wildman–Crippen MR) is 84.9 cm³/mol. The van der Waals surface area contributed by atoms with Crippen molar-refractivity contribution in [2.24, 2.45) is 5.92 Å². The number of halogens is 2. The van der Waals surface area contributed by atoms with Crippen molar-refractivity contribution >= 4 is 0 Å². The smallest absolute Gasteiger partial charge is 0.210 e. The van der Waals surface area contributed by atoms with Gasteiger partial charge in [0, 0.05) is 6.42 Å². The average Bonchev–Trinajstić information content (AvgIpc) is 2.49. The van der Waals surface area contributed by atoms with Crippen LogP contribution in [0.15, 0.2) is 36.4 Å². The summed E-state index contributed by atoms with van der Waals surface area (Å²) >= 11 is 0. The van der Waals surface area contributed by atoms with Crippen LogP contribution in [0.3, 0.4) is 0 Å². The second kappa shape index (κ2) is 8.31. The zero-order valence-electron chi connectivity index (χ0n) is 12.9. The summed E-state index contributed by atoms with van der Waals surface area (Å²) in [6, 6.07) is 9.08. The molecule has 1 aromatic carbocycles. The highest BCUT2D eigenvalue weighted by Crippen LogP contribution is 2.36. The molecule has 0 unspecified atom stereocenters. The maximum atomic E-state index is 12.1. The third kappa shape index (κ3) is 5.26. The Morgan fingerprint density at radius 3 is 2.33 bits per heavy atom. The molecule has 0 amide bonds. The molecule has 1 fully saturated rings. The van der Waals surface area contributed by atoms with Crippen molar-refractivity contribution in [3.63, 3.8) is 0 Å². The fourth-order valence-electron chi connectivity index (χ4n) is 3.26. The van der Waals surface area contributed by atoms with E-state index in [1.165, 1.54) is 30.4 Å². The topological polar surface area (TPSA) is 0 Å². The van der Waals surface area contributed by atoms with Crippen molar-refractivity contribution in [2.75, 3.05) is 0 Å². The van der Waals surface area contributed by atoms with Gasteiger partial charge in [0.1, 0.15) is 0 Å². The minimum Gasteiger partial charge on any atom is -0.210 e. The highest BCUT2D eigenvalue weighted by molar-refractivity contribution is 5.26. The van der Waals surface area contributed by atoms with Gasteiger partial charge in [0.05, 0.1) is 0 Å². The largest absolute Gasteiger partial charge is 0.242 e. The first-order valence-corrected chi connectivity index (χ1v) is 8.22. The summed E-state index contributed by atoms with van der Waals surface area (Å²) in [7, 11) is 0. The molecule has 2 heteroatoms. The third-order valence-corrected chi connectivity index (χ3v) is 4.48. The SMILES string of the molecule is CCCc1ccc([C@H]2CC[C@H](C=CCC(F)F)CC2)cc1. The maximum Gasteiger partial charge on any atom is 0.242 e. The fraction of sp³-hybridized carbons (Fsp3) is 0.579. The quantitative estimate of drug-likeness (QED) is 0.554. The van der Waals surface area contributed by atoms with Crippen LogP contribution in [0.2, 0.25) is 0 Å². The summed E-state index contributed by atoms with van der Waals surface area (Å²) in [5, 5.41) is 0. The molecule has 0 aromatic heterocycles. The van der Waals surface area contributed by atoms with Crippen LogP contribution in [0.1, 0.15) is 62.5 Å². The fourth-order valence-corrected chi connectivity index (χ4v) is 3.26. The van der Waals surface area contributed by atoms with Crippen LogP contribution in [-0.2, 0) is 6.42 Å². The summed E-state index contributed by atoms with van der Waals surface area (Å²) in [5.74, 6) is 1.15. The normalized spacial score (nSPS) is 23.0. The predicted octanol–water partition coefficient (Wildman–Crippen LogP) is 6.12. The average molecular weight is 292 g/mol. The van der Waals surface area contributed by atoms with Crippen LogP contribution in [0, 0.1) is 5.92 Å². The van der Waals surface area contributed by atoms with E-state index < -0.39 is 6.43 Å². The van der Waals surface area contributed by atoms with Crippen LogP contribution in [0.5, 0.6) is 0 Å². The number of rotatable bonds is 6. The Labute approximate surface area is 127 Å². The Morgan fingerprint density at radius 2 is 1.76 bits per heavy atom. The molecule has 21 heavy (non-hydrogen) atoms. The van der Waals surface area contributed by atoms with Crippen LogP contribution in [0.4, 0.5) is 8.78 Å². The number of aryl methyl sites for hydroxylation is 1. The summed E-state index contributed by atoms with van der Waals surface area (Å²) in [6.07, 6.45) is 8.31. The van der Waals surface area contributed by atoms with E-state index in [2.05, 4.69) is 31.2 Å². The lowest BCUT2D eigenvalue weighted by molar-refractivity contribution is 0.152. The van der Waals surface area contributed by atoms with E-state index in [9.17, 15) is 8.78 Å². The Balaban J connectivity index is 1.81. The minimum atomic E-state index is -2.21. The second-order valence-corrected chi connectivity index (χ2v) is 6.16. The molecule has 0 aliphatic heterocycles. The van der Waals surface area contributed by atoms with Crippen LogP contribution >= 0.6 is 0 Å². The second-order valence-electron chi connectivity index (χ2n) is 6.16.